The summed E-state index contributed by atoms with van der Waals surface area (Å²) in [5.41, 5.74) is 1.87. The van der Waals surface area contributed by atoms with Crippen LogP contribution in [0.4, 0.5) is 11.4 Å². The van der Waals surface area contributed by atoms with Crippen molar-refractivity contribution >= 4 is 52.4 Å². The van der Waals surface area contributed by atoms with E-state index in [2.05, 4.69) is 0 Å². The van der Waals surface area contributed by atoms with Crippen molar-refractivity contribution in [2.75, 3.05) is 9.80 Å². The number of amides is 4. The maximum atomic E-state index is 15.2. The number of anilines is 2. The molecule has 8 nitrogen and oxygen atoms in total. The van der Waals surface area contributed by atoms with E-state index < -0.39 is 46.8 Å². The molecule has 3 fully saturated rings. The molecular weight excluding hydrogens is 640 g/mol. The van der Waals surface area contributed by atoms with Crippen LogP contribution in [0, 0.1) is 23.7 Å². The van der Waals surface area contributed by atoms with E-state index in [0.29, 0.717) is 33.1 Å². The predicted molar refractivity (Wildman–Crippen MR) is 183 cm³/mol. The number of fused-ring (bicyclic) bond motifs is 4. The molecule has 0 radical (unpaired) electrons. The number of Topliss-reactive ketones (excluding diaryl/α,β-unsaturated/α-hetero) is 1. The maximum absolute atomic E-state index is 15.2. The van der Waals surface area contributed by atoms with Crippen LogP contribution in [0.1, 0.15) is 47.2 Å². The molecule has 2 aliphatic carbocycles. The van der Waals surface area contributed by atoms with E-state index in [-0.39, 0.29) is 36.2 Å². The van der Waals surface area contributed by atoms with E-state index in [1.165, 1.54) is 16.7 Å². The first-order valence-electron chi connectivity index (χ1n) is 16.3. The largest absolute Gasteiger partial charge is 0.508 e. The van der Waals surface area contributed by atoms with Gasteiger partial charge in [-0.2, -0.15) is 0 Å². The van der Waals surface area contributed by atoms with Crippen LogP contribution in [0.5, 0.6) is 5.75 Å². The molecule has 49 heavy (non-hydrogen) atoms. The molecule has 1 N–H and O–H groups in total. The highest BCUT2D eigenvalue weighted by molar-refractivity contribution is 6.32. The van der Waals surface area contributed by atoms with Gasteiger partial charge >= 0.3 is 0 Å². The van der Waals surface area contributed by atoms with E-state index >= 15 is 4.79 Å². The lowest BCUT2D eigenvalue weighted by Gasteiger charge is -2.50. The molecule has 6 atom stereocenters. The van der Waals surface area contributed by atoms with Crippen molar-refractivity contribution in [1.29, 1.82) is 0 Å². The van der Waals surface area contributed by atoms with E-state index in [9.17, 15) is 24.3 Å². The zero-order chi connectivity index (χ0) is 34.2. The summed E-state index contributed by atoms with van der Waals surface area (Å²) in [6.07, 6.45) is 2.41. The zero-order valence-corrected chi connectivity index (χ0v) is 27.2. The van der Waals surface area contributed by atoms with Gasteiger partial charge in [-0.15, -0.1) is 0 Å². The molecule has 8 rings (SSSR count). The number of carbonyl (C=O) groups is 5. The number of allylic oxidation sites excluding steroid dienone is 2. The molecule has 0 aromatic heterocycles. The van der Waals surface area contributed by atoms with Gasteiger partial charge in [0, 0.05) is 16.5 Å². The minimum atomic E-state index is -1.42. The number of hydrogen-bond donors (Lipinski definition) is 1. The van der Waals surface area contributed by atoms with E-state index in [1.807, 2.05) is 42.5 Å². The van der Waals surface area contributed by atoms with Crippen molar-refractivity contribution in [3.63, 3.8) is 0 Å². The fourth-order valence-electron chi connectivity index (χ4n) is 8.92. The van der Waals surface area contributed by atoms with Crippen LogP contribution in [-0.4, -0.2) is 34.5 Å². The number of phenolic OH excluding ortho intramolecular Hbond substituents is 1. The third-order valence-electron chi connectivity index (χ3n) is 10.9. The average Bonchev–Trinajstić information content (AvgIpc) is 3.49. The molecule has 9 heteroatoms. The molecule has 0 bridgehead atoms. The number of rotatable bonds is 5. The van der Waals surface area contributed by atoms with Gasteiger partial charge in [0.15, 0.2) is 5.78 Å². The van der Waals surface area contributed by atoms with Gasteiger partial charge in [-0.05, 0) is 91.4 Å². The summed E-state index contributed by atoms with van der Waals surface area (Å²) in [7, 11) is 0. The molecule has 4 aliphatic rings. The van der Waals surface area contributed by atoms with Crippen molar-refractivity contribution in [3.05, 3.63) is 136 Å². The third-order valence-corrected chi connectivity index (χ3v) is 11.1. The second-order valence-corrected chi connectivity index (χ2v) is 13.7. The van der Waals surface area contributed by atoms with Crippen LogP contribution in [0.3, 0.4) is 0 Å². The second-order valence-electron chi connectivity index (χ2n) is 13.3. The third kappa shape index (κ3) is 4.47. The number of carbonyl (C=O) groups excluding carboxylic acids is 5. The molecule has 2 heterocycles. The Morgan fingerprint density at radius 2 is 1.51 bits per heavy atom. The van der Waals surface area contributed by atoms with Crippen molar-refractivity contribution in [3.8, 4) is 5.75 Å². The van der Waals surface area contributed by atoms with Crippen molar-refractivity contribution < 1.29 is 29.1 Å². The number of phenols is 1. The van der Waals surface area contributed by atoms with E-state index in [4.69, 9.17) is 11.6 Å². The fraction of sp³-hybridized carbons (Fsp3) is 0.225. The number of imide groups is 2. The Balaban J connectivity index is 1.32. The van der Waals surface area contributed by atoms with Gasteiger partial charge in [-0.3, -0.25) is 28.9 Å². The first kappa shape index (κ1) is 31.0. The summed E-state index contributed by atoms with van der Waals surface area (Å²) in [6, 6.07) is 29.0. The Morgan fingerprint density at radius 3 is 2.20 bits per heavy atom. The maximum Gasteiger partial charge on any atom is 0.246 e. The first-order chi connectivity index (χ1) is 23.6. The van der Waals surface area contributed by atoms with Gasteiger partial charge in [0.1, 0.15) is 5.75 Å². The lowest BCUT2D eigenvalue weighted by Crippen LogP contribution is -2.53. The minimum Gasteiger partial charge on any atom is -0.508 e. The van der Waals surface area contributed by atoms with Crippen LogP contribution in [-0.2, 0) is 24.6 Å². The van der Waals surface area contributed by atoms with E-state index in [1.54, 1.807) is 66.7 Å². The number of aromatic hydroxyl groups is 1. The normalized spacial score (nSPS) is 27.5. The molecule has 4 aromatic rings. The van der Waals surface area contributed by atoms with Crippen molar-refractivity contribution in [1.82, 2.24) is 0 Å². The lowest BCUT2D eigenvalue weighted by molar-refractivity contribution is -0.127. The van der Waals surface area contributed by atoms with Crippen molar-refractivity contribution in [2.24, 2.45) is 23.7 Å². The summed E-state index contributed by atoms with van der Waals surface area (Å²) in [5.74, 6) is -5.24. The molecule has 0 spiro atoms. The van der Waals surface area contributed by atoms with E-state index in [0.717, 1.165) is 5.57 Å². The van der Waals surface area contributed by atoms with Gasteiger partial charge in [-0.1, -0.05) is 71.8 Å². The average molecular weight is 671 g/mol. The molecule has 2 saturated heterocycles. The SMILES string of the molecule is CC(=O)c1ccc(N2C(=O)[C@H]3[C@H](CC=C4[C@H]3C[C@H]3C(=O)N(c5cccc(Cl)c5)C(=O)[C@@]3(c3ccccc3)[C@H]4c3cccc(O)c3)C2=O)cc1. The van der Waals surface area contributed by atoms with Crippen LogP contribution >= 0.6 is 11.6 Å². The summed E-state index contributed by atoms with van der Waals surface area (Å²) in [4.78, 5) is 72.7. The highest BCUT2D eigenvalue weighted by Crippen LogP contribution is 2.64. The number of halogens is 1. The Bertz CT molecular complexity index is 2110. The fourth-order valence-corrected chi connectivity index (χ4v) is 9.11. The first-order valence-corrected chi connectivity index (χ1v) is 16.7. The Morgan fingerprint density at radius 1 is 0.776 bits per heavy atom. The van der Waals surface area contributed by atoms with Crippen LogP contribution in [0.2, 0.25) is 5.02 Å². The molecular formula is C40H31ClN2O6. The number of nitrogens with zero attached hydrogens (tertiary/aromatic N) is 2. The van der Waals surface area contributed by atoms with Gasteiger partial charge in [0.25, 0.3) is 0 Å². The minimum absolute atomic E-state index is 0.00412. The van der Waals surface area contributed by atoms with Gasteiger partial charge < -0.3 is 5.11 Å². The summed E-state index contributed by atoms with van der Waals surface area (Å²) < 4.78 is 0. The monoisotopic (exact) mass is 670 g/mol. The quantitative estimate of drug-likeness (QED) is 0.145. The number of ketones is 1. The molecule has 1 saturated carbocycles. The van der Waals surface area contributed by atoms with Gasteiger partial charge in [-0.25, -0.2) is 4.90 Å². The molecule has 4 amide bonds. The molecule has 244 valence electrons. The van der Waals surface area contributed by atoms with Crippen LogP contribution < -0.4 is 9.80 Å². The molecule has 4 aromatic carbocycles. The summed E-state index contributed by atoms with van der Waals surface area (Å²) in [6.45, 7) is 1.45. The van der Waals surface area contributed by atoms with Crippen molar-refractivity contribution in [2.45, 2.75) is 31.1 Å². The summed E-state index contributed by atoms with van der Waals surface area (Å²) >= 11 is 6.37. The predicted octanol–water partition coefficient (Wildman–Crippen LogP) is 6.62. The standard InChI is InChI=1S/C40H31ClN2O6/c1-22(44)23-13-15-27(16-14-23)42-36(46)31-18-17-30-32(34(31)38(42)48)21-33-37(47)43(28-11-6-10-26(41)20-28)39(49)40(33,25-8-3-2-4-9-25)35(30)24-7-5-12-29(45)19-24/h2-17,19-20,31-35,45H,18,21H2,1H3/t31-,32+,33-,34-,35-,40+/m0/s1. The van der Waals surface area contributed by atoms with Gasteiger partial charge in [0.05, 0.1) is 34.5 Å². The second kappa shape index (κ2) is 11.4. The smallest absolute Gasteiger partial charge is 0.246 e. The van der Waals surface area contributed by atoms with Gasteiger partial charge in [0.2, 0.25) is 23.6 Å². The Labute approximate surface area is 287 Å². The Hall–Kier alpha value is -5.34. The zero-order valence-electron chi connectivity index (χ0n) is 26.5. The highest BCUT2D eigenvalue weighted by Gasteiger charge is 2.70. The lowest BCUT2D eigenvalue weighted by atomic mass is 9.49. The topological polar surface area (TPSA) is 112 Å². The summed E-state index contributed by atoms with van der Waals surface area (Å²) in [5, 5.41) is 11.1. The number of hydrogen-bond acceptors (Lipinski definition) is 6. The highest BCUT2D eigenvalue weighted by atomic mass is 35.5. The molecule has 2 aliphatic heterocycles. The van der Waals surface area contributed by atoms with Crippen LogP contribution in [0.15, 0.2) is 115 Å². The number of benzene rings is 4. The Kier molecular flexibility index (Phi) is 7.19. The molecule has 0 unspecified atom stereocenters. The van der Waals surface area contributed by atoms with Crippen LogP contribution in [0.25, 0.3) is 0 Å².